The van der Waals surface area contributed by atoms with Crippen LogP contribution in [0.4, 0.5) is 4.79 Å². The van der Waals surface area contributed by atoms with Gasteiger partial charge in [0.05, 0.1) is 23.9 Å². The SMILES string of the molecule is CCOC(=O)C1=C(COC(=O)CCCN2C(=O)c3cccc4cccc(c34)C2=O)NC(=O)NC1C. The maximum atomic E-state index is 12.9. The standard InChI is InChI=1S/C25H25N3O7/c1-3-34-24(32)20-14(2)26-25(33)27-18(20)13-35-19(29)11-6-12-28-22(30)16-9-4-7-15-8-5-10-17(21(15)16)23(28)31/h4-5,7-10,14H,3,6,11-13H2,1-2H3,(H2,26,27,33). The zero-order valence-corrected chi connectivity index (χ0v) is 19.4. The fourth-order valence-corrected chi connectivity index (χ4v) is 4.28. The molecular formula is C25H25N3O7. The Morgan fingerprint density at radius 3 is 2.29 bits per heavy atom. The molecule has 2 aromatic rings. The van der Waals surface area contributed by atoms with Crippen molar-refractivity contribution in [2.24, 2.45) is 0 Å². The molecule has 2 aromatic carbocycles. The molecule has 1 unspecified atom stereocenters. The first-order chi connectivity index (χ1) is 16.8. The van der Waals surface area contributed by atoms with E-state index in [9.17, 15) is 24.0 Å². The number of ether oxygens (including phenoxy) is 2. The van der Waals surface area contributed by atoms with Crippen molar-refractivity contribution >= 4 is 40.6 Å². The van der Waals surface area contributed by atoms with Gasteiger partial charge in [-0.15, -0.1) is 0 Å². The number of nitrogens with zero attached hydrogens (tertiary/aromatic N) is 1. The highest BCUT2D eigenvalue weighted by Gasteiger charge is 2.33. The molecule has 2 aliphatic rings. The summed E-state index contributed by atoms with van der Waals surface area (Å²) < 4.78 is 10.3. The highest BCUT2D eigenvalue weighted by molar-refractivity contribution is 6.25. The van der Waals surface area contributed by atoms with Gasteiger partial charge in [-0.05, 0) is 37.8 Å². The van der Waals surface area contributed by atoms with E-state index in [1.54, 1.807) is 38.1 Å². The molecule has 10 nitrogen and oxygen atoms in total. The number of hydrogen-bond donors (Lipinski definition) is 2. The number of amides is 4. The van der Waals surface area contributed by atoms with Crippen molar-refractivity contribution in [2.75, 3.05) is 19.8 Å². The Hall–Kier alpha value is -4.21. The summed E-state index contributed by atoms with van der Waals surface area (Å²) in [5.41, 5.74) is 1.24. The quantitative estimate of drug-likeness (QED) is 0.439. The van der Waals surface area contributed by atoms with Crippen molar-refractivity contribution in [3.05, 3.63) is 58.8 Å². The second-order valence-corrected chi connectivity index (χ2v) is 8.17. The third-order valence-electron chi connectivity index (χ3n) is 5.86. The molecule has 0 bridgehead atoms. The molecule has 0 spiro atoms. The van der Waals surface area contributed by atoms with E-state index in [1.165, 1.54) is 0 Å². The highest BCUT2D eigenvalue weighted by atomic mass is 16.5. The largest absolute Gasteiger partial charge is 0.463 e. The van der Waals surface area contributed by atoms with Gasteiger partial charge in [0.2, 0.25) is 0 Å². The summed E-state index contributed by atoms with van der Waals surface area (Å²) in [6.45, 7) is 3.17. The predicted octanol–water partition coefficient (Wildman–Crippen LogP) is 2.28. The van der Waals surface area contributed by atoms with Crippen molar-refractivity contribution in [1.82, 2.24) is 15.5 Å². The maximum absolute atomic E-state index is 12.9. The minimum Gasteiger partial charge on any atom is -0.463 e. The number of imide groups is 1. The van der Waals surface area contributed by atoms with Crippen molar-refractivity contribution in [1.29, 1.82) is 0 Å². The van der Waals surface area contributed by atoms with Crippen LogP contribution in [-0.4, -0.2) is 60.5 Å². The van der Waals surface area contributed by atoms with Gasteiger partial charge in [0.25, 0.3) is 11.8 Å². The van der Waals surface area contributed by atoms with Crippen LogP contribution in [0.15, 0.2) is 47.7 Å². The topological polar surface area (TPSA) is 131 Å². The van der Waals surface area contributed by atoms with Gasteiger partial charge in [0, 0.05) is 29.5 Å². The van der Waals surface area contributed by atoms with Gasteiger partial charge in [-0.2, -0.15) is 0 Å². The molecule has 0 aliphatic carbocycles. The predicted molar refractivity (Wildman–Crippen MR) is 124 cm³/mol. The molecule has 2 heterocycles. The number of esters is 2. The van der Waals surface area contributed by atoms with E-state index < -0.39 is 35.8 Å². The van der Waals surface area contributed by atoms with E-state index >= 15 is 0 Å². The average molecular weight is 479 g/mol. The molecule has 0 saturated heterocycles. The second-order valence-electron chi connectivity index (χ2n) is 8.17. The summed E-state index contributed by atoms with van der Waals surface area (Å²) in [6, 6.07) is 9.48. The molecular weight excluding hydrogens is 454 g/mol. The summed E-state index contributed by atoms with van der Waals surface area (Å²) in [7, 11) is 0. The van der Waals surface area contributed by atoms with E-state index in [2.05, 4.69) is 10.6 Å². The van der Waals surface area contributed by atoms with E-state index in [0.29, 0.717) is 16.5 Å². The van der Waals surface area contributed by atoms with Gasteiger partial charge < -0.3 is 20.1 Å². The minimum atomic E-state index is -0.615. The minimum absolute atomic E-state index is 0.0476. The lowest BCUT2D eigenvalue weighted by molar-refractivity contribution is -0.143. The van der Waals surface area contributed by atoms with Crippen LogP contribution < -0.4 is 10.6 Å². The van der Waals surface area contributed by atoms with Crippen LogP contribution in [0.2, 0.25) is 0 Å². The Labute approximate surface area is 201 Å². The number of rotatable bonds is 8. The molecule has 0 aromatic heterocycles. The van der Waals surface area contributed by atoms with Crippen LogP contribution in [0.25, 0.3) is 10.8 Å². The van der Waals surface area contributed by atoms with Crippen LogP contribution in [-0.2, 0) is 19.1 Å². The molecule has 0 saturated carbocycles. The lowest BCUT2D eigenvalue weighted by Gasteiger charge is -2.27. The summed E-state index contributed by atoms with van der Waals surface area (Å²) in [5, 5.41) is 6.51. The molecule has 2 N–H and O–H groups in total. The first-order valence-corrected chi connectivity index (χ1v) is 11.3. The van der Waals surface area contributed by atoms with Crippen LogP contribution in [0, 0.1) is 0 Å². The van der Waals surface area contributed by atoms with E-state index in [4.69, 9.17) is 9.47 Å². The fraction of sp³-hybridized carbons (Fsp3) is 0.320. The molecule has 0 radical (unpaired) electrons. The van der Waals surface area contributed by atoms with Gasteiger partial charge in [-0.3, -0.25) is 19.3 Å². The van der Waals surface area contributed by atoms with Gasteiger partial charge in [-0.1, -0.05) is 24.3 Å². The van der Waals surface area contributed by atoms with Crippen molar-refractivity contribution in [2.45, 2.75) is 32.7 Å². The van der Waals surface area contributed by atoms with Crippen LogP contribution in [0.1, 0.15) is 47.4 Å². The first kappa shape index (κ1) is 23.9. The van der Waals surface area contributed by atoms with E-state index in [-0.39, 0.29) is 43.9 Å². The third-order valence-corrected chi connectivity index (χ3v) is 5.86. The molecule has 35 heavy (non-hydrogen) atoms. The molecule has 4 rings (SSSR count). The monoisotopic (exact) mass is 479 g/mol. The van der Waals surface area contributed by atoms with Crippen molar-refractivity contribution < 1.29 is 33.4 Å². The van der Waals surface area contributed by atoms with Gasteiger partial charge in [0.15, 0.2) is 0 Å². The molecule has 2 aliphatic heterocycles. The zero-order chi connectivity index (χ0) is 25.1. The van der Waals surface area contributed by atoms with Crippen LogP contribution in [0.5, 0.6) is 0 Å². The number of hydrogen-bond acceptors (Lipinski definition) is 7. The Morgan fingerprint density at radius 2 is 1.66 bits per heavy atom. The summed E-state index contributed by atoms with van der Waals surface area (Å²) in [5.74, 6) is -2.01. The highest BCUT2D eigenvalue weighted by Crippen LogP contribution is 2.30. The van der Waals surface area contributed by atoms with Gasteiger partial charge in [0.1, 0.15) is 6.61 Å². The summed E-state index contributed by atoms with van der Waals surface area (Å²) >= 11 is 0. The number of carbonyl (C=O) groups is 5. The zero-order valence-electron chi connectivity index (χ0n) is 19.4. The molecule has 0 fully saturated rings. The first-order valence-electron chi connectivity index (χ1n) is 11.3. The number of nitrogens with one attached hydrogen (secondary N) is 2. The second kappa shape index (κ2) is 9.96. The third kappa shape index (κ3) is 4.72. The maximum Gasteiger partial charge on any atom is 0.338 e. The summed E-state index contributed by atoms with van der Waals surface area (Å²) in [4.78, 5) is 63.4. The number of benzene rings is 2. The number of carbonyl (C=O) groups excluding carboxylic acids is 5. The fourth-order valence-electron chi connectivity index (χ4n) is 4.28. The Bertz CT molecular complexity index is 1220. The Balaban J connectivity index is 1.37. The van der Waals surface area contributed by atoms with E-state index in [0.717, 1.165) is 10.3 Å². The molecule has 10 heteroatoms. The Kier molecular flexibility index (Phi) is 6.81. The van der Waals surface area contributed by atoms with E-state index in [1.807, 2.05) is 12.1 Å². The normalized spacial score (nSPS) is 17.3. The lowest BCUT2D eigenvalue weighted by Crippen LogP contribution is -2.50. The van der Waals surface area contributed by atoms with Crippen molar-refractivity contribution in [3.8, 4) is 0 Å². The molecule has 1 atom stereocenters. The molecule has 182 valence electrons. The van der Waals surface area contributed by atoms with Crippen molar-refractivity contribution in [3.63, 3.8) is 0 Å². The summed E-state index contributed by atoms with van der Waals surface area (Å²) in [6.07, 6.45) is 0.134. The molecule has 4 amide bonds. The van der Waals surface area contributed by atoms with Crippen LogP contribution >= 0.6 is 0 Å². The smallest absolute Gasteiger partial charge is 0.338 e. The Morgan fingerprint density at radius 1 is 1.00 bits per heavy atom. The van der Waals surface area contributed by atoms with Gasteiger partial charge >= 0.3 is 18.0 Å². The lowest BCUT2D eigenvalue weighted by atomic mass is 9.94. The number of urea groups is 1. The van der Waals surface area contributed by atoms with Gasteiger partial charge in [-0.25, -0.2) is 9.59 Å². The average Bonchev–Trinajstić information content (AvgIpc) is 2.83. The van der Waals surface area contributed by atoms with Crippen LogP contribution in [0.3, 0.4) is 0 Å².